The highest BCUT2D eigenvalue weighted by Gasteiger charge is 2.07. The molecule has 0 amide bonds. The van der Waals surface area contributed by atoms with Gasteiger partial charge >= 0.3 is 0 Å². The van der Waals surface area contributed by atoms with Crippen LogP contribution in [-0.2, 0) is 10.0 Å². The quantitative estimate of drug-likeness (QED) is 0.358. The van der Waals surface area contributed by atoms with E-state index in [1.54, 1.807) is 6.08 Å². The van der Waals surface area contributed by atoms with E-state index in [2.05, 4.69) is 4.72 Å². The molecule has 0 aromatic heterocycles. The maximum Gasteiger partial charge on any atom is 0.269 e. The summed E-state index contributed by atoms with van der Waals surface area (Å²) in [5.41, 5.74) is 1.25. The number of hydrogen-bond acceptors (Lipinski definition) is 5. The molecule has 2 aromatic rings. The number of hydrogen-bond donors (Lipinski definition) is 2. The third-order valence-corrected chi connectivity index (χ3v) is 4.04. The van der Waals surface area contributed by atoms with Gasteiger partial charge in [0.05, 0.1) is 10.3 Å². The molecule has 2 rings (SSSR count). The van der Waals surface area contributed by atoms with Crippen molar-refractivity contribution in [2.24, 2.45) is 0 Å². The maximum absolute atomic E-state index is 11.9. The summed E-state index contributed by atoms with van der Waals surface area (Å²) >= 11 is 0. The summed E-state index contributed by atoms with van der Waals surface area (Å²) in [6.45, 7) is 0. The number of nitrogens with zero attached hydrogens (tertiary/aromatic N) is 1. The lowest BCUT2D eigenvalue weighted by atomic mass is 10.2. The van der Waals surface area contributed by atoms with Crippen molar-refractivity contribution in [3.05, 3.63) is 87.3 Å². The smallest absolute Gasteiger partial charge is 0.269 e. The summed E-state index contributed by atoms with van der Waals surface area (Å²) in [4.78, 5) is 10.0. The Morgan fingerprint density at radius 1 is 1.00 bits per heavy atom. The third kappa shape index (κ3) is 6.04. The lowest BCUT2D eigenvalue weighted by Gasteiger charge is -2.02. The zero-order chi connectivity index (χ0) is 18.3. The van der Waals surface area contributed by atoms with E-state index in [1.807, 2.05) is 30.3 Å². The average Bonchev–Trinajstić information content (AvgIpc) is 2.59. The van der Waals surface area contributed by atoms with Crippen molar-refractivity contribution >= 4 is 33.7 Å². The van der Waals surface area contributed by atoms with E-state index in [0.717, 1.165) is 11.0 Å². The van der Waals surface area contributed by atoms with Crippen molar-refractivity contribution < 1.29 is 13.3 Å². The van der Waals surface area contributed by atoms with Crippen LogP contribution in [0.5, 0.6) is 0 Å². The van der Waals surface area contributed by atoms with Crippen molar-refractivity contribution in [3.63, 3.8) is 0 Å². The van der Waals surface area contributed by atoms with Gasteiger partial charge in [-0.25, -0.2) is 8.42 Å². The van der Waals surface area contributed by atoms with Crippen LogP contribution in [0.15, 0.2) is 66.1 Å². The summed E-state index contributed by atoms with van der Waals surface area (Å²) in [6, 6.07) is 14.6. The number of amidine groups is 1. The molecule has 0 spiro atoms. The van der Waals surface area contributed by atoms with Gasteiger partial charge in [0.25, 0.3) is 15.7 Å². The minimum atomic E-state index is -3.85. The second-order valence-electron chi connectivity index (χ2n) is 4.96. The molecule has 0 bridgehead atoms. The molecule has 7 nitrogen and oxygen atoms in total. The Labute approximate surface area is 145 Å². The molecule has 8 heteroatoms. The first-order chi connectivity index (χ1) is 11.9. The van der Waals surface area contributed by atoms with Gasteiger partial charge in [-0.3, -0.25) is 20.2 Å². The summed E-state index contributed by atoms with van der Waals surface area (Å²) in [7, 11) is -3.85. The number of nitro benzene ring substituents is 1. The third-order valence-electron chi connectivity index (χ3n) is 3.04. The molecule has 0 heterocycles. The molecule has 128 valence electrons. The Morgan fingerprint density at radius 3 is 2.20 bits per heavy atom. The van der Waals surface area contributed by atoms with Crippen LogP contribution in [0.1, 0.15) is 11.1 Å². The van der Waals surface area contributed by atoms with E-state index >= 15 is 0 Å². The number of benzene rings is 2. The maximum atomic E-state index is 11.9. The first-order valence-electron chi connectivity index (χ1n) is 7.13. The lowest BCUT2D eigenvalue weighted by molar-refractivity contribution is -0.384. The van der Waals surface area contributed by atoms with Gasteiger partial charge in [0.1, 0.15) is 5.84 Å². The molecule has 2 N–H and O–H groups in total. The summed E-state index contributed by atoms with van der Waals surface area (Å²) in [5.74, 6) is -0.280. The van der Waals surface area contributed by atoms with E-state index < -0.39 is 14.9 Å². The molecule has 0 aliphatic carbocycles. The topological polar surface area (TPSA) is 113 Å². The highest BCUT2D eigenvalue weighted by molar-refractivity contribution is 7.93. The molecule has 0 atom stereocenters. The van der Waals surface area contributed by atoms with Crippen molar-refractivity contribution in [2.75, 3.05) is 0 Å². The van der Waals surface area contributed by atoms with Gasteiger partial charge in [-0.1, -0.05) is 36.4 Å². The number of sulfonamides is 1. The van der Waals surface area contributed by atoms with E-state index in [0.29, 0.717) is 5.56 Å². The molecule has 0 fully saturated rings. The van der Waals surface area contributed by atoms with Crippen LogP contribution in [0.3, 0.4) is 0 Å². The summed E-state index contributed by atoms with van der Waals surface area (Å²) < 4.78 is 25.9. The summed E-state index contributed by atoms with van der Waals surface area (Å²) in [6.07, 6.45) is 4.25. The molecule has 0 aliphatic rings. The standard InChI is InChI=1S/C17H15N3O4S/c18-17(11-8-14-4-2-1-3-5-14)19-25(23,24)13-12-15-6-9-16(10-7-15)20(21)22/h1-13H,(H2,18,19)/b11-8+,13-12?. The number of nitrogens with one attached hydrogen (secondary N) is 2. The molecule has 0 radical (unpaired) electrons. The van der Waals surface area contributed by atoms with Crippen LogP contribution >= 0.6 is 0 Å². The van der Waals surface area contributed by atoms with Gasteiger partial charge < -0.3 is 0 Å². The highest BCUT2D eigenvalue weighted by Crippen LogP contribution is 2.13. The first kappa shape index (κ1) is 18.1. The fourth-order valence-electron chi connectivity index (χ4n) is 1.84. The van der Waals surface area contributed by atoms with Crippen LogP contribution in [0.2, 0.25) is 0 Å². The minimum absolute atomic E-state index is 0.0778. The van der Waals surface area contributed by atoms with Gasteiger partial charge in [0.15, 0.2) is 0 Å². The second kappa shape index (κ2) is 8.02. The predicted molar refractivity (Wildman–Crippen MR) is 97.4 cm³/mol. The van der Waals surface area contributed by atoms with E-state index in [9.17, 15) is 18.5 Å². The summed E-state index contributed by atoms with van der Waals surface area (Å²) in [5, 5.41) is 19.1. The molecular weight excluding hydrogens is 342 g/mol. The van der Waals surface area contributed by atoms with E-state index in [4.69, 9.17) is 5.41 Å². The zero-order valence-corrected chi connectivity index (χ0v) is 13.8. The Hall–Kier alpha value is -3.26. The van der Waals surface area contributed by atoms with Crippen LogP contribution < -0.4 is 4.72 Å². The predicted octanol–water partition coefficient (Wildman–Crippen LogP) is 3.18. The Morgan fingerprint density at radius 2 is 1.60 bits per heavy atom. The monoisotopic (exact) mass is 357 g/mol. The number of nitro groups is 1. The average molecular weight is 357 g/mol. The molecule has 0 aliphatic heterocycles. The van der Waals surface area contributed by atoms with E-state index in [-0.39, 0.29) is 11.5 Å². The molecule has 0 saturated heterocycles. The second-order valence-corrected chi connectivity index (χ2v) is 6.52. The number of non-ortho nitro benzene ring substituents is 1. The fourth-order valence-corrected chi connectivity index (χ4v) is 2.62. The van der Waals surface area contributed by atoms with Crippen LogP contribution in [0.25, 0.3) is 12.2 Å². The minimum Gasteiger partial charge on any atom is -0.284 e. The van der Waals surface area contributed by atoms with E-state index in [1.165, 1.54) is 36.4 Å². The van der Waals surface area contributed by atoms with Gasteiger partial charge in [0, 0.05) is 12.1 Å². The Balaban J connectivity index is 1.99. The molecule has 0 saturated carbocycles. The van der Waals surface area contributed by atoms with Crippen LogP contribution in [-0.4, -0.2) is 19.2 Å². The lowest BCUT2D eigenvalue weighted by Crippen LogP contribution is -2.26. The van der Waals surface area contributed by atoms with Gasteiger partial charge in [0.2, 0.25) is 0 Å². The fraction of sp³-hybridized carbons (Fsp3) is 0. The van der Waals surface area contributed by atoms with Crippen molar-refractivity contribution in [1.82, 2.24) is 4.72 Å². The van der Waals surface area contributed by atoms with Crippen LogP contribution in [0, 0.1) is 15.5 Å². The molecule has 0 unspecified atom stereocenters. The normalized spacial score (nSPS) is 11.7. The van der Waals surface area contributed by atoms with Crippen molar-refractivity contribution in [2.45, 2.75) is 0 Å². The Bertz CT molecular complexity index is 918. The van der Waals surface area contributed by atoms with Gasteiger partial charge in [-0.2, -0.15) is 0 Å². The van der Waals surface area contributed by atoms with Crippen molar-refractivity contribution in [1.29, 1.82) is 5.41 Å². The largest absolute Gasteiger partial charge is 0.284 e. The molecule has 2 aromatic carbocycles. The SMILES string of the molecule is N=C(/C=C/c1ccccc1)NS(=O)(=O)C=Cc1ccc([N+](=O)[O-])cc1. The van der Waals surface area contributed by atoms with Gasteiger partial charge in [-0.15, -0.1) is 0 Å². The first-order valence-corrected chi connectivity index (χ1v) is 8.67. The Kier molecular flexibility index (Phi) is 5.80. The van der Waals surface area contributed by atoms with Crippen LogP contribution in [0.4, 0.5) is 5.69 Å². The highest BCUT2D eigenvalue weighted by atomic mass is 32.2. The van der Waals surface area contributed by atoms with Gasteiger partial charge in [-0.05, 0) is 35.4 Å². The molecule has 25 heavy (non-hydrogen) atoms. The molecular formula is C17H15N3O4S. The van der Waals surface area contributed by atoms with Crippen molar-refractivity contribution in [3.8, 4) is 0 Å². The zero-order valence-electron chi connectivity index (χ0n) is 13.0. The number of rotatable bonds is 6.